The Balaban J connectivity index is 1.93. The van der Waals surface area contributed by atoms with Crippen LogP contribution >= 0.6 is 0 Å². The van der Waals surface area contributed by atoms with Gasteiger partial charge in [-0.3, -0.25) is 5.32 Å². The molecule has 1 fully saturated rings. The van der Waals surface area contributed by atoms with Gasteiger partial charge >= 0.3 is 6.03 Å². The van der Waals surface area contributed by atoms with Crippen molar-refractivity contribution < 1.29 is 9.90 Å². The standard InChI is InChI=1S/C13H19N3O2/c1-9-4-5-11(7-10(9)8-17)15-13(18)16-12-3-2-6-14-12/h4-5,7,12,14,17H,2-3,6,8H2,1H3,(H2,15,16,18)/t12-/m0/s1. The summed E-state index contributed by atoms with van der Waals surface area (Å²) >= 11 is 0. The van der Waals surface area contributed by atoms with Crippen molar-refractivity contribution >= 4 is 11.7 Å². The molecule has 1 aliphatic rings. The molecule has 2 rings (SSSR count). The lowest BCUT2D eigenvalue weighted by Gasteiger charge is -2.14. The number of nitrogens with one attached hydrogen (secondary N) is 3. The highest BCUT2D eigenvalue weighted by Crippen LogP contribution is 2.15. The van der Waals surface area contributed by atoms with Gasteiger partial charge in [0.25, 0.3) is 0 Å². The Bertz CT molecular complexity index is 428. The van der Waals surface area contributed by atoms with Crippen molar-refractivity contribution in [1.82, 2.24) is 10.6 Å². The van der Waals surface area contributed by atoms with Crippen molar-refractivity contribution in [3.05, 3.63) is 29.3 Å². The van der Waals surface area contributed by atoms with E-state index in [9.17, 15) is 4.79 Å². The van der Waals surface area contributed by atoms with E-state index in [1.807, 2.05) is 19.1 Å². The van der Waals surface area contributed by atoms with Crippen molar-refractivity contribution in [2.75, 3.05) is 11.9 Å². The summed E-state index contributed by atoms with van der Waals surface area (Å²) in [6.07, 6.45) is 2.11. The lowest BCUT2D eigenvalue weighted by molar-refractivity contribution is 0.247. The molecule has 4 N–H and O–H groups in total. The SMILES string of the molecule is Cc1ccc(NC(=O)N[C@H]2CCCN2)cc1CO. The summed E-state index contributed by atoms with van der Waals surface area (Å²) in [4.78, 5) is 11.7. The zero-order chi connectivity index (χ0) is 13.0. The average Bonchev–Trinajstić information content (AvgIpc) is 2.84. The van der Waals surface area contributed by atoms with Crippen LogP contribution in [0.5, 0.6) is 0 Å². The number of carbonyl (C=O) groups is 1. The number of benzene rings is 1. The molecule has 0 spiro atoms. The minimum Gasteiger partial charge on any atom is -0.392 e. The molecule has 2 amide bonds. The predicted molar refractivity (Wildman–Crippen MR) is 70.3 cm³/mol. The van der Waals surface area contributed by atoms with E-state index in [4.69, 9.17) is 5.11 Å². The van der Waals surface area contributed by atoms with Crippen LogP contribution in [0.2, 0.25) is 0 Å². The largest absolute Gasteiger partial charge is 0.392 e. The molecule has 0 unspecified atom stereocenters. The van der Waals surface area contributed by atoms with Gasteiger partial charge in [-0.1, -0.05) is 6.07 Å². The Hall–Kier alpha value is -1.59. The van der Waals surface area contributed by atoms with Gasteiger partial charge in [-0.25, -0.2) is 4.79 Å². The zero-order valence-corrected chi connectivity index (χ0v) is 10.5. The number of aliphatic hydroxyl groups is 1. The summed E-state index contributed by atoms with van der Waals surface area (Å²) in [5.41, 5.74) is 2.54. The third-order valence-electron chi connectivity index (χ3n) is 3.14. The van der Waals surface area contributed by atoms with E-state index in [1.54, 1.807) is 6.07 Å². The molecule has 0 bridgehead atoms. The molecule has 0 aliphatic carbocycles. The van der Waals surface area contributed by atoms with E-state index in [-0.39, 0.29) is 18.8 Å². The van der Waals surface area contributed by atoms with E-state index < -0.39 is 0 Å². The summed E-state index contributed by atoms with van der Waals surface area (Å²) in [6, 6.07) is 5.28. The first-order chi connectivity index (χ1) is 8.69. The maximum atomic E-state index is 11.7. The highest BCUT2D eigenvalue weighted by atomic mass is 16.3. The van der Waals surface area contributed by atoms with Crippen LogP contribution in [-0.2, 0) is 6.61 Å². The van der Waals surface area contributed by atoms with Crippen LogP contribution < -0.4 is 16.0 Å². The zero-order valence-electron chi connectivity index (χ0n) is 10.5. The van der Waals surface area contributed by atoms with Crippen molar-refractivity contribution in [3.8, 4) is 0 Å². The molecule has 1 aliphatic heterocycles. The highest BCUT2D eigenvalue weighted by Gasteiger charge is 2.16. The van der Waals surface area contributed by atoms with Crippen LogP contribution in [-0.4, -0.2) is 23.8 Å². The number of amides is 2. The minimum atomic E-state index is -0.220. The topological polar surface area (TPSA) is 73.4 Å². The Kier molecular flexibility index (Phi) is 4.17. The lowest BCUT2D eigenvalue weighted by Crippen LogP contribution is -2.43. The van der Waals surface area contributed by atoms with Crippen LogP contribution in [0, 0.1) is 6.92 Å². The minimum absolute atomic E-state index is 0.0207. The Labute approximate surface area is 107 Å². The molecule has 18 heavy (non-hydrogen) atoms. The van der Waals surface area contributed by atoms with Gasteiger partial charge in [-0.05, 0) is 49.6 Å². The summed E-state index contributed by atoms with van der Waals surface area (Å²) in [7, 11) is 0. The van der Waals surface area contributed by atoms with Crippen molar-refractivity contribution in [3.63, 3.8) is 0 Å². The number of hydrogen-bond donors (Lipinski definition) is 4. The normalized spacial score (nSPS) is 18.7. The molecular formula is C13H19N3O2. The number of hydrogen-bond acceptors (Lipinski definition) is 3. The number of carbonyl (C=O) groups excluding carboxylic acids is 1. The van der Waals surface area contributed by atoms with Crippen LogP contribution in [0.15, 0.2) is 18.2 Å². The third kappa shape index (κ3) is 3.21. The molecule has 1 heterocycles. The Morgan fingerprint density at radius 3 is 3.06 bits per heavy atom. The number of aryl methyl sites for hydroxylation is 1. The van der Waals surface area contributed by atoms with Crippen LogP contribution in [0.25, 0.3) is 0 Å². The van der Waals surface area contributed by atoms with Gasteiger partial charge in [0.05, 0.1) is 12.8 Å². The first-order valence-electron chi connectivity index (χ1n) is 6.20. The molecular weight excluding hydrogens is 230 g/mol. The maximum Gasteiger partial charge on any atom is 0.320 e. The fraction of sp³-hybridized carbons (Fsp3) is 0.462. The van der Waals surface area contributed by atoms with E-state index in [1.165, 1.54) is 0 Å². The molecule has 98 valence electrons. The van der Waals surface area contributed by atoms with Crippen LogP contribution in [0.4, 0.5) is 10.5 Å². The van der Waals surface area contributed by atoms with Crippen LogP contribution in [0.3, 0.4) is 0 Å². The maximum absolute atomic E-state index is 11.7. The fourth-order valence-corrected chi connectivity index (χ4v) is 2.05. The molecule has 1 atom stereocenters. The monoisotopic (exact) mass is 249 g/mol. The number of urea groups is 1. The molecule has 1 aromatic carbocycles. The van der Waals surface area contributed by atoms with E-state index in [2.05, 4.69) is 16.0 Å². The summed E-state index contributed by atoms with van der Waals surface area (Å²) < 4.78 is 0. The van der Waals surface area contributed by atoms with Gasteiger partial charge in [0.1, 0.15) is 0 Å². The molecule has 0 radical (unpaired) electrons. The van der Waals surface area contributed by atoms with Gasteiger partial charge in [-0.2, -0.15) is 0 Å². The molecule has 1 aromatic rings. The summed E-state index contributed by atoms with van der Waals surface area (Å²) in [5, 5.41) is 18.0. The van der Waals surface area contributed by atoms with Crippen molar-refractivity contribution in [2.45, 2.75) is 32.5 Å². The molecule has 5 nitrogen and oxygen atoms in total. The second-order valence-corrected chi connectivity index (χ2v) is 4.55. The fourth-order valence-electron chi connectivity index (χ4n) is 2.05. The van der Waals surface area contributed by atoms with Crippen molar-refractivity contribution in [2.24, 2.45) is 0 Å². The van der Waals surface area contributed by atoms with Crippen molar-refractivity contribution in [1.29, 1.82) is 0 Å². The van der Waals surface area contributed by atoms with Gasteiger partial charge in [0.15, 0.2) is 0 Å². The third-order valence-corrected chi connectivity index (χ3v) is 3.14. The van der Waals surface area contributed by atoms with Gasteiger partial charge < -0.3 is 15.7 Å². The molecule has 0 saturated carbocycles. The first-order valence-corrected chi connectivity index (χ1v) is 6.20. The van der Waals surface area contributed by atoms with E-state index in [0.29, 0.717) is 5.69 Å². The number of aliphatic hydroxyl groups excluding tert-OH is 1. The number of anilines is 1. The molecule has 5 heteroatoms. The second-order valence-electron chi connectivity index (χ2n) is 4.55. The van der Waals surface area contributed by atoms with Gasteiger partial charge in [0, 0.05) is 5.69 Å². The van der Waals surface area contributed by atoms with Crippen LogP contribution in [0.1, 0.15) is 24.0 Å². The lowest BCUT2D eigenvalue weighted by atomic mass is 10.1. The molecule has 0 aromatic heterocycles. The second kappa shape index (κ2) is 5.84. The summed E-state index contributed by atoms with van der Waals surface area (Å²) in [6.45, 7) is 2.86. The highest BCUT2D eigenvalue weighted by molar-refractivity contribution is 5.89. The predicted octanol–water partition coefficient (Wildman–Crippen LogP) is 1.32. The number of rotatable bonds is 3. The smallest absolute Gasteiger partial charge is 0.320 e. The van der Waals surface area contributed by atoms with E-state index in [0.717, 1.165) is 30.5 Å². The Morgan fingerprint density at radius 1 is 1.56 bits per heavy atom. The van der Waals surface area contributed by atoms with Gasteiger partial charge in [-0.15, -0.1) is 0 Å². The van der Waals surface area contributed by atoms with Gasteiger partial charge in [0.2, 0.25) is 0 Å². The molecule has 1 saturated heterocycles. The Morgan fingerprint density at radius 2 is 2.39 bits per heavy atom. The van der Waals surface area contributed by atoms with E-state index >= 15 is 0 Å². The quantitative estimate of drug-likeness (QED) is 0.653. The first kappa shape index (κ1) is 12.9. The average molecular weight is 249 g/mol. The summed E-state index contributed by atoms with van der Waals surface area (Å²) in [5.74, 6) is 0.